The van der Waals surface area contributed by atoms with E-state index < -0.39 is 0 Å². The van der Waals surface area contributed by atoms with Crippen molar-refractivity contribution in [2.45, 2.75) is 32.7 Å². The van der Waals surface area contributed by atoms with Gasteiger partial charge in [0.2, 0.25) is 0 Å². The average molecular weight is 406 g/mol. The summed E-state index contributed by atoms with van der Waals surface area (Å²) in [6, 6.07) is 7.60. The average Bonchev–Trinajstić information content (AvgIpc) is 3.51. The Morgan fingerprint density at radius 3 is 2.80 bits per heavy atom. The molecule has 4 aromatic rings. The first kappa shape index (κ1) is 19.9. The number of hydrogen-bond acceptors (Lipinski definition) is 5. The van der Waals surface area contributed by atoms with Gasteiger partial charge in [-0.1, -0.05) is 19.1 Å². The number of aromatic amines is 2. The van der Waals surface area contributed by atoms with Crippen molar-refractivity contribution in [1.82, 2.24) is 29.5 Å². The van der Waals surface area contributed by atoms with E-state index in [0.29, 0.717) is 6.42 Å². The van der Waals surface area contributed by atoms with Gasteiger partial charge in [0.15, 0.2) is 0 Å². The van der Waals surface area contributed by atoms with Crippen molar-refractivity contribution in [2.75, 3.05) is 13.7 Å². The molecule has 0 radical (unpaired) electrons. The number of benzene rings is 1. The van der Waals surface area contributed by atoms with Gasteiger partial charge >= 0.3 is 0 Å². The molecule has 8 heteroatoms. The van der Waals surface area contributed by atoms with E-state index in [4.69, 9.17) is 14.7 Å². The number of methoxy groups -OCH3 is 1. The van der Waals surface area contributed by atoms with Crippen molar-refractivity contribution >= 4 is 0 Å². The topological polar surface area (TPSA) is 105 Å². The number of aliphatic hydroxyl groups excluding tert-OH is 1. The molecule has 0 amide bonds. The van der Waals surface area contributed by atoms with Crippen LogP contribution >= 0.6 is 0 Å². The first-order valence-corrected chi connectivity index (χ1v) is 9.99. The van der Waals surface area contributed by atoms with Crippen LogP contribution in [0.25, 0.3) is 22.6 Å². The lowest BCUT2D eigenvalue weighted by Crippen LogP contribution is -2.17. The molecule has 0 fully saturated rings. The number of hydrogen-bond donors (Lipinski definition) is 3. The maximum absolute atomic E-state index is 10.2. The quantitative estimate of drug-likeness (QED) is 0.416. The SMILES string of the molecule is CCc1nc(-c2c(-c3cccc(OC)c3)ncn2[C@H](CO)Cc2cnc[nH]2)c(C)[nH]1. The lowest BCUT2D eigenvalue weighted by Gasteiger charge is -2.18. The summed E-state index contributed by atoms with van der Waals surface area (Å²) in [6.45, 7) is 4.04. The molecule has 0 aliphatic heterocycles. The second kappa shape index (κ2) is 8.54. The van der Waals surface area contributed by atoms with Crippen molar-refractivity contribution in [3.8, 4) is 28.4 Å². The second-order valence-electron chi connectivity index (χ2n) is 7.21. The summed E-state index contributed by atoms with van der Waals surface area (Å²) in [6.07, 6.45) is 6.60. The van der Waals surface area contributed by atoms with Crippen LogP contribution in [0.15, 0.2) is 43.1 Å². The lowest BCUT2D eigenvalue weighted by molar-refractivity contribution is 0.227. The van der Waals surface area contributed by atoms with Crippen LogP contribution in [0.1, 0.15) is 30.2 Å². The molecule has 0 bridgehead atoms. The number of rotatable bonds is 8. The van der Waals surface area contributed by atoms with Crippen LogP contribution < -0.4 is 4.74 Å². The Balaban J connectivity index is 1.87. The van der Waals surface area contributed by atoms with E-state index in [-0.39, 0.29) is 12.6 Å². The Labute approximate surface area is 175 Å². The van der Waals surface area contributed by atoms with Crippen LogP contribution in [0.2, 0.25) is 0 Å². The Morgan fingerprint density at radius 1 is 1.27 bits per heavy atom. The van der Waals surface area contributed by atoms with Gasteiger partial charge in [-0.05, 0) is 19.1 Å². The van der Waals surface area contributed by atoms with E-state index in [1.165, 1.54) is 0 Å². The van der Waals surface area contributed by atoms with Gasteiger partial charge in [-0.25, -0.2) is 15.0 Å². The largest absolute Gasteiger partial charge is 0.497 e. The fourth-order valence-corrected chi connectivity index (χ4v) is 3.68. The molecule has 1 atom stereocenters. The predicted molar refractivity (Wildman–Crippen MR) is 114 cm³/mol. The van der Waals surface area contributed by atoms with Crippen molar-refractivity contribution in [2.24, 2.45) is 0 Å². The molecule has 0 spiro atoms. The molecule has 0 saturated heterocycles. The lowest BCUT2D eigenvalue weighted by atomic mass is 10.1. The highest BCUT2D eigenvalue weighted by molar-refractivity contribution is 5.78. The minimum Gasteiger partial charge on any atom is -0.497 e. The highest BCUT2D eigenvalue weighted by Crippen LogP contribution is 2.35. The van der Waals surface area contributed by atoms with E-state index >= 15 is 0 Å². The zero-order valence-electron chi connectivity index (χ0n) is 17.4. The Morgan fingerprint density at radius 2 is 2.13 bits per heavy atom. The van der Waals surface area contributed by atoms with Crippen LogP contribution in [-0.2, 0) is 12.8 Å². The predicted octanol–water partition coefficient (Wildman–Crippen LogP) is 3.32. The summed E-state index contributed by atoms with van der Waals surface area (Å²) in [5.41, 5.74) is 5.36. The van der Waals surface area contributed by atoms with Crippen LogP contribution in [0, 0.1) is 6.92 Å². The van der Waals surface area contributed by atoms with Crippen molar-refractivity contribution < 1.29 is 9.84 Å². The fraction of sp³-hybridized carbons (Fsp3) is 0.318. The minimum atomic E-state index is -0.214. The molecule has 30 heavy (non-hydrogen) atoms. The van der Waals surface area contributed by atoms with E-state index in [2.05, 4.69) is 21.9 Å². The summed E-state index contributed by atoms with van der Waals surface area (Å²) >= 11 is 0. The van der Waals surface area contributed by atoms with Gasteiger partial charge in [-0.3, -0.25) is 0 Å². The highest BCUT2D eigenvalue weighted by Gasteiger charge is 2.24. The molecule has 1 aromatic carbocycles. The zero-order chi connectivity index (χ0) is 21.1. The smallest absolute Gasteiger partial charge is 0.119 e. The molecule has 3 heterocycles. The summed E-state index contributed by atoms with van der Waals surface area (Å²) in [5, 5.41) is 10.2. The first-order valence-electron chi connectivity index (χ1n) is 9.99. The first-order chi connectivity index (χ1) is 14.6. The van der Waals surface area contributed by atoms with Gasteiger partial charge in [0.25, 0.3) is 0 Å². The van der Waals surface area contributed by atoms with E-state index in [1.54, 1.807) is 26.0 Å². The van der Waals surface area contributed by atoms with Crippen molar-refractivity contribution in [3.63, 3.8) is 0 Å². The van der Waals surface area contributed by atoms with E-state index in [9.17, 15) is 5.11 Å². The molecule has 0 aliphatic rings. The standard InChI is InChI=1S/C22H26N6O2/c1-4-19-26-14(2)20(27-19)22-21(15-6-5-7-18(8-15)30-3)25-13-28(22)17(11-29)9-16-10-23-12-24-16/h5-8,10,12-13,17,29H,4,9,11H2,1-3H3,(H,23,24)(H,26,27)/t17-/m0/s1. The molecule has 156 valence electrons. The summed E-state index contributed by atoms with van der Waals surface area (Å²) in [5.74, 6) is 1.68. The molecule has 3 aromatic heterocycles. The van der Waals surface area contributed by atoms with Gasteiger partial charge < -0.3 is 24.4 Å². The Hall–Kier alpha value is -3.39. The highest BCUT2D eigenvalue weighted by atomic mass is 16.5. The van der Waals surface area contributed by atoms with Gasteiger partial charge in [-0.2, -0.15) is 0 Å². The number of imidazole rings is 3. The molecule has 3 N–H and O–H groups in total. The number of aryl methyl sites for hydroxylation is 2. The zero-order valence-corrected chi connectivity index (χ0v) is 17.4. The number of ether oxygens (including phenoxy) is 1. The normalized spacial score (nSPS) is 12.3. The van der Waals surface area contributed by atoms with Crippen molar-refractivity contribution in [3.05, 3.63) is 60.3 Å². The summed E-state index contributed by atoms with van der Waals surface area (Å²) < 4.78 is 7.42. The number of aliphatic hydroxyl groups is 1. The third-order valence-electron chi connectivity index (χ3n) is 5.24. The third-order valence-corrected chi connectivity index (χ3v) is 5.24. The molecule has 0 saturated carbocycles. The van der Waals surface area contributed by atoms with Crippen LogP contribution in [0.3, 0.4) is 0 Å². The molecular formula is C22H26N6O2. The van der Waals surface area contributed by atoms with E-state index in [0.717, 1.165) is 52.0 Å². The molecular weight excluding hydrogens is 380 g/mol. The summed E-state index contributed by atoms with van der Waals surface area (Å²) in [7, 11) is 1.65. The number of nitrogens with one attached hydrogen (secondary N) is 2. The molecule has 0 aliphatic carbocycles. The number of H-pyrrole nitrogens is 2. The molecule has 4 rings (SSSR count). The van der Waals surface area contributed by atoms with Crippen molar-refractivity contribution in [1.29, 1.82) is 0 Å². The van der Waals surface area contributed by atoms with Gasteiger partial charge in [0.1, 0.15) is 17.3 Å². The maximum atomic E-state index is 10.2. The molecule has 0 unspecified atom stereocenters. The van der Waals surface area contributed by atoms with Gasteiger partial charge in [0, 0.05) is 36.0 Å². The van der Waals surface area contributed by atoms with Gasteiger partial charge in [0.05, 0.1) is 43.8 Å². The third kappa shape index (κ3) is 3.73. The summed E-state index contributed by atoms with van der Waals surface area (Å²) in [4.78, 5) is 20.1. The number of nitrogens with zero attached hydrogens (tertiary/aromatic N) is 4. The van der Waals surface area contributed by atoms with E-state index in [1.807, 2.05) is 35.8 Å². The van der Waals surface area contributed by atoms with Crippen LogP contribution in [0.4, 0.5) is 0 Å². The Kier molecular flexibility index (Phi) is 5.67. The fourth-order valence-electron chi connectivity index (χ4n) is 3.68. The monoisotopic (exact) mass is 406 g/mol. The second-order valence-corrected chi connectivity index (χ2v) is 7.21. The maximum Gasteiger partial charge on any atom is 0.119 e. The van der Waals surface area contributed by atoms with Crippen LogP contribution in [0.5, 0.6) is 5.75 Å². The van der Waals surface area contributed by atoms with Gasteiger partial charge in [-0.15, -0.1) is 0 Å². The molecule has 8 nitrogen and oxygen atoms in total. The number of aromatic nitrogens is 6. The van der Waals surface area contributed by atoms with Crippen LogP contribution in [-0.4, -0.2) is 48.3 Å². The Bertz CT molecular complexity index is 1110. The minimum absolute atomic E-state index is 0.0377.